The van der Waals surface area contributed by atoms with Crippen molar-refractivity contribution >= 4 is 94.4 Å². The van der Waals surface area contributed by atoms with Gasteiger partial charge in [0.05, 0.1) is 15.9 Å². The fourth-order valence-electron chi connectivity index (χ4n) is 13.0. The van der Waals surface area contributed by atoms with Gasteiger partial charge in [0.25, 0.3) is 7.41 Å². The topological polar surface area (TPSA) is 21.3 Å². The van der Waals surface area contributed by atoms with E-state index in [9.17, 15) is 0 Å². The summed E-state index contributed by atoms with van der Waals surface area (Å²) in [6.07, 6.45) is 4.76. The van der Waals surface area contributed by atoms with Crippen molar-refractivity contribution in [3.05, 3.63) is 180 Å². The minimum absolute atomic E-state index is 0.0939. The zero-order valence-electron chi connectivity index (χ0n) is 42.1. The number of anilines is 3. The second-order valence-corrected chi connectivity index (χ2v) is 24.7. The van der Waals surface area contributed by atoms with Gasteiger partial charge in [0.2, 0.25) is 0 Å². The lowest BCUT2D eigenvalue weighted by atomic mass is 9.63. The minimum Gasteiger partial charge on any atom is -0.454 e. The first-order valence-corrected chi connectivity index (χ1v) is 26.6. The highest BCUT2D eigenvalue weighted by atomic mass is 32.1. The average molecular weight is 938 g/mol. The summed E-state index contributed by atoms with van der Waals surface area (Å²) < 4.78 is 12.2. The van der Waals surface area contributed by atoms with Crippen molar-refractivity contribution in [3.8, 4) is 33.4 Å². The van der Waals surface area contributed by atoms with E-state index in [2.05, 4.69) is 230 Å². The van der Waals surface area contributed by atoms with Crippen molar-refractivity contribution in [3.63, 3.8) is 0 Å². The van der Waals surface area contributed by atoms with Crippen molar-refractivity contribution in [1.82, 2.24) is 4.48 Å². The molecule has 0 fully saturated rings. The highest BCUT2D eigenvalue weighted by Crippen LogP contribution is 2.51. The lowest BCUT2D eigenvalue weighted by Gasteiger charge is -2.42. The number of furan rings is 1. The molecule has 0 amide bonds. The first kappa shape index (κ1) is 43.0. The van der Waals surface area contributed by atoms with Crippen LogP contribution in [0.25, 0.3) is 86.5 Å². The van der Waals surface area contributed by atoms with Crippen molar-refractivity contribution in [1.29, 1.82) is 0 Å². The SMILES string of the molecule is CC1(C)CCC(C)(C)c2cc(-c3ccc(N4c5ccc(-c6ccc7c(c6)C(C)(C)CCC7(C)C)cc5[B]n5c6c(cccc6c6sc7ccccc7c65)-c5cc4c4oc6ccccc6c4c5)cc3)ccc21. The van der Waals surface area contributed by atoms with E-state index in [0.717, 1.165) is 50.0 Å². The Bertz CT molecular complexity index is 4040. The van der Waals surface area contributed by atoms with Crippen LogP contribution in [-0.4, -0.2) is 11.9 Å². The molecular weight excluding hydrogens is 880 g/mol. The molecule has 14 rings (SSSR count). The standard InChI is InChI=1S/C66H58BN2OS/c1-63(2)30-32-65(5,6)52-35-40(22-27-50(52)63)39-20-25-44(26-21-39)68-55-29-24-42(41-23-28-51-53(36-41)66(7,8)33-31-64(51,3)4)37-54(55)67-69-59-45(16-13-17-48(59)62-60(69)47-15-10-12-19-58(47)71-62)43-34-49-46-14-9-11-18-57(46)70-61(49)56(68)38-43/h9-29,34-38H,30-33H2,1-8H3. The molecule has 0 saturated heterocycles. The molecule has 0 spiro atoms. The van der Waals surface area contributed by atoms with Crippen LogP contribution in [0.4, 0.5) is 17.1 Å². The molecule has 2 aliphatic carbocycles. The van der Waals surface area contributed by atoms with Gasteiger partial charge in [-0.2, -0.15) is 0 Å². The third-order valence-corrected chi connectivity index (χ3v) is 18.6. The number of nitrogens with zero attached hydrogens (tertiary/aromatic N) is 2. The fraction of sp³-hybridized carbons (Fsp3) is 0.242. The summed E-state index contributed by atoms with van der Waals surface area (Å²) in [7, 11) is 2.44. The van der Waals surface area contributed by atoms with Crippen LogP contribution < -0.4 is 10.4 Å². The number of thiophene rings is 1. The van der Waals surface area contributed by atoms with Crippen LogP contribution in [0.2, 0.25) is 0 Å². The average Bonchev–Trinajstić information content (AvgIpc) is 4.04. The van der Waals surface area contributed by atoms with Crippen molar-refractivity contribution in [2.24, 2.45) is 0 Å². The molecule has 4 heterocycles. The molecule has 2 bridgehead atoms. The molecule has 3 aliphatic rings. The minimum atomic E-state index is 0.0939. The maximum absolute atomic E-state index is 7.03. The highest BCUT2D eigenvalue weighted by Gasteiger charge is 2.39. The summed E-state index contributed by atoms with van der Waals surface area (Å²) >= 11 is 1.90. The fourth-order valence-corrected chi connectivity index (χ4v) is 14.2. The van der Waals surface area contributed by atoms with Crippen molar-refractivity contribution in [2.75, 3.05) is 4.90 Å². The first-order valence-electron chi connectivity index (χ1n) is 25.7. The van der Waals surface area contributed by atoms with Crippen LogP contribution in [0.1, 0.15) is 103 Å². The van der Waals surface area contributed by atoms with Gasteiger partial charge in [0.1, 0.15) is 5.58 Å². The molecule has 0 unspecified atom stereocenters. The maximum atomic E-state index is 7.03. The van der Waals surface area contributed by atoms with Gasteiger partial charge in [-0.3, -0.25) is 0 Å². The molecule has 3 aromatic heterocycles. The number of rotatable bonds is 3. The van der Waals surface area contributed by atoms with E-state index >= 15 is 0 Å². The highest BCUT2D eigenvalue weighted by molar-refractivity contribution is 7.26. The predicted octanol–water partition coefficient (Wildman–Crippen LogP) is 18.2. The van der Waals surface area contributed by atoms with Crippen LogP contribution in [0.5, 0.6) is 0 Å². The Kier molecular flexibility index (Phi) is 9.01. The Morgan fingerprint density at radius 2 is 1.03 bits per heavy atom. The molecule has 8 aromatic carbocycles. The summed E-state index contributed by atoms with van der Waals surface area (Å²) in [4.78, 5) is 2.47. The molecule has 1 radical (unpaired) electrons. The zero-order chi connectivity index (χ0) is 48.3. The lowest BCUT2D eigenvalue weighted by Crippen LogP contribution is -2.33. The van der Waals surface area contributed by atoms with E-state index in [1.807, 2.05) is 11.3 Å². The van der Waals surface area contributed by atoms with Gasteiger partial charge in [-0.25, -0.2) is 0 Å². The van der Waals surface area contributed by atoms with E-state index in [-0.39, 0.29) is 21.7 Å². The summed E-state index contributed by atoms with van der Waals surface area (Å²) in [5.74, 6) is 0. The maximum Gasteiger partial charge on any atom is 0.293 e. The molecule has 1 aliphatic heterocycles. The molecule has 347 valence electrons. The number of hydrogen-bond donors (Lipinski definition) is 0. The van der Waals surface area contributed by atoms with Crippen LogP contribution >= 0.6 is 11.3 Å². The van der Waals surface area contributed by atoms with E-state index < -0.39 is 0 Å². The van der Waals surface area contributed by atoms with Crippen LogP contribution in [0, 0.1) is 0 Å². The monoisotopic (exact) mass is 937 g/mol. The lowest BCUT2D eigenvalue weighted by molar-refractivity contribution is 0.332. The largest absolute Gasteiger partial charge is 0.454 e. The molecule has 0 saturated carbocycles. The van der Waals surface area contributed by atoms with Gasteiger partial charge >= 0.3 is 0 Å². The summed E-state index contributed by atoms with van der Waals surface area (Å²) in [5, 5.41) is 4.78. The number of para-hydroxylation sites is 2. The molecule has 71 heavy (non-hydrogen) atoms. The molecule has 3 nitrogen and oxygen atoms in total. The van der Waals surface area contributed by atoms with E-state index in [0.29, 0.717) is 0 Å². The predicted molar refractivity (Wildman–Crippen MR) is 304 cm³/mol. The normalized spacial score (nSPS) is 17.3. The van der Waals surface area contributed by atoms with Crippen LogP contribution in [0.15, 0.2) is 162 Å². The number of fused-ring (bicyclic) bond motifs is 15. The third kappa shape index (κ3) is 6.40. The van der Waals surface area contributed by atoms with Gasteiger partial charge in [0, 0.05) is 48.7 Å². The molecule has 0 N–H and O–H groups in total. The molecule has 0 atom stereocenters. The summed E-state index contributed by atoms with van der Waals surface area (Å²) in [5.41, 5.74) is 22.3. The van der Waals surface area contributed by atoms with E-state index in [4.69, 9.17) is 4.42 Å². The van der Waals surface area contributed by atoms with Gasteiger partial charge in [0.15, 0.2) is 5.58 Å². The summed E-state index contributed by atoms with van der Waals surface area (Å²) in [6, 6.07) is 60.1. The second-order valence-electron chi connectivity index (χ2n) is 23.7. The Hall–Kier alpha value is -6.82. The Morgan fingerprint density at radius 3 is 1.73 bits per heavy atom. The van der Waals surface area contributed by atoms with Gasteiger partial charge in [-0.05, 0) is 145 Å². The molecular formula is C66H58BN2OS. The van der Waals surface area contributed by atoms with Gasteiger partial charge in [-0.1, -0.05) is 171 Å². The molecule has 5 heteroatoms. The Morgan fingerprint density at radius 1 is 0.451 bits per heavy atom. The van der Waals surface area contributed by atoms with Crippen LogP contribution in [0.3, 0.4) is 0 Å². The van der Waals surface area contributed by atoms with Crippen molar-refractivity contribution < 1.29 is 4.42 Å². The number of aromatic nitrogens is 1. The van der Waals surface area contributed by atoms with E-state index in [1.54, 1.807) is 0 Å². The number of benzene rings is 8. The molecule has 11 aromatic rings. The zero-order valence-corrected chi connectivity index (χ0v) is 42.9. The Balaban J connectivity index is 1.04. The van der Waals surface area contributed by atoms with Crippen molar-refractivity contribution in [2.45, 2.75) is 103 Å². The first-order chi connectivity index (χ1) is 34.1. The van der Waals surface area contributed by atoms with Gasteiger partial charge < -0.3 is 13.8 Å². The van der Waals surface area contributed by atoms with E-state index in [1.165, 1.54) is 107 Å². The second kappa shape index (κ2) is 14.9. The third-order valence-electron chi connectivity index (χ3n) is 17.4. The summed E-state index contributed by atoms with van der Waals surface area (Å²) in [6.45, 7) is 19.4. The quantitative estimate of drug-likeness (QED) is 0.165. The number of hydrogen-bond acceptors (Lipinski definition) is 3. The smallest absolute Gasteiger partial charge is 0.293 e. The van der Waals surface area contributed by atoms with Gasteiger partial charge in [-0.15, -0.1) is 11.3 Å². The Labute approximate surface area is 422 Å². The van der Waals surface area contributed by atoms with Crippen LogP contribution in [-0.2, 0) is 21.7 Å².